The number of ether oxygens (including phenoxy) is 1. The molecule has 1 aliphatic carbocycles. The molecule has 1 fully saturated rings. The molecule has 0 bridgehead atoms. The number of benzene rings is 1. The van der Waals surface area contributed by atoms with Gasteiger partial charge >= 0.3 is 0 Å². The molecule has 7 nitrogen and oxygen atoms in total. The molecule has 0 saturated heterocycles. The second-order valence-corrected chi connectivity index (χ2v) is 8.33. The van der Waals surface area contributed by atoms with Crippen LogP contribution in [0.3, 0.4) is 0 Å². The maximum absolute atomic E-state index is 12.8. The number of methoxy groups -OCH3 is 1. The predicted molar refractivity (Wildman–Crippen MR) is 108 cm³/mol. The molecule has 2 amide bonds. The molecule has 0 radical (unpaired) electrons. The van der Waals surface area contributed by atoms with E-state index in [0.717, 1.165) is 28.2 Å². The van der Waals surface area contributed by atoms with E-state index in [1.807, 2.05) is 24.3 Å². The first kappa shape index (κ1) is 19.4. The van der Waals surface area contributed by atoms with Crippen molar-refractivity contribution >= 4 is 28.2 Å². The highest BCUT2D eigenvalue weighted by Gasteiger charge is 2.45. The van der Waals surface area contributed by atoms with E-state index in [9.17, 15) is 14.9 Å². The van der Waals surface area contributed by atoms with Gasteiger partial charge in [-0.05, 0) is 36.0 Å². The van der Waals surface area contributed by atoms with Crippen LogP contribution in [0.4, 0.5) is 5.00 Å². The Hall–Kier alpha value is -2.89. The van der Waals surface area contributed by atoms with Crippen molar-refractivity contribution < 1.29 is 19.4 Å². The van der Waals surface area contributed by atoms with Gasteiger partial charge in [-0.3, -0.25) is 9.59 Å². The summed E-state index contributed by atoms with van der Waals surface area (Å²) in [6.07, 6.45) is 1.29. The number of para-hydroxylation sites is 1. The van der Waals surface area contributed by atoms with E-state index in [1.54, 1.807) is 12.0 Å². The fourth-order valence-electron chi connectivity index (χ4n) is 3.93. The molecule has 2 atom stereocenters. The zero-order valence-electron chi connectivity index (χ0n) is 16.0. The van der Waals surface area contributed by atoms with Gasteiger partial charge in [-0.25, -0.2) is 0 Å². The van der Waals surface area contributed by atoms with Crippen LogP contribution >= 0.6 is 11.3 Å². The minimum atomic E-state index is -0.526. The molecule has 29 heavy (non-hydrogen) atoms. The first-order valence-electron chi connectivity index (χ1n) is 9.44. The lowest BCUT2D eigenvalue weighted by Gasteiger charge is -2.26. The molecule has 2 heterocycles. The SMILES string of the molecule is COc1ccccc1C1CC1C(=O)Nc1sc2c(c1C#N)CCN(C(=O)CO)C2. The summed E-state index contributed by atoms with van der Waals surface area (Å²) in [5.74, 6) is 0.323. The van der Waals surface area contributed by atoms with Gasteiger partial charge < -0.3 is 20.1 Å². The number of carbonyl (C=O) groups is 2. The maximum Gasteiger partial charge on any atom is 0.248 e. The smallest absolute Gasteiger partial charge is 0.248 e. The van der Waals surface area contributed by atoms with E-state index >= 15 is 0 Å². The van der Waals surface area contributed by atoms with Crippen molar-refractivity contribution in [2.24, 2.45) is 5.92 Å². The van der Waals surface area contributed by atoms with E-state index in [1.165, 1.54) is 11.3 Å². The number of nitrogens with one attached hydrogen (secondary N) is 1. The zero-order chi connectivity index (χ0) is 20.5. The number of amides is 2. The first-order valence-corrected chi connectivity index (χ1v) is 10.3. The fraction of sp³-hybridized carbons (Fsp3) is 0.381. The Morgan fingerprint density at radius 2 is 2.21 bits per heavy atom. The van der Waals surface area contributed by atoms with E-state index in [-0.39, 0.29) is 23.7 Å². The van der Waals surface area contributed by atoms with Gasteiger partial charge in [0.15, 0.2) is 0 Å². The minimum absolute atomic E-state index is 0.0979. The Labute approximate surface area is 172 Å². The van der Waals surface area contributed by atoms with E-state index in [0.29, 0.717) is 30.1 Å². The number of fused-ring (bicyclic) bond motifs is 1. The summed E-state index contributed by atoms with van der Waals surface area (Å²) in [4.78, 5) is 27.0. The highest BCUT2D eigenvalue weighted by atomic mass is 32.1. The van der Waals surface area contributed by atoms with Crippen LogP contribution in [0, 0.1) is 17.2 Å². The Bertz CT molecular complexity index is 1010. The van der Waals surface area contributed by atoms with Crippen LogP contribution in [0.25, 0.3) is 0 Å². The molecule has 0 spiro atoms. The van der Waals surface area contributed by atoms with E-state index < -0.39 is 6.61 Å². The molecule has 2 aliphatic rings. The molecule has 8 heteroatoms. The van der Waals surface area contributed by atoms with Gasteiger partial charge in [0.2, 0.25) is 11.8 Å². The standard InChI is InChI=1S/C21H21N3O4S/c1-28-17-5-3-2-4-12(17)14-8-15(14)20(27)23-21-16(9-22)13-6-7-24(19(26)11-25)10-18(13)29-21/h2-5,14-15,25H,6-8,10-11H2,1H3,(H,23,27). The van der Waals surface area contributed by atoms with Gasteiger partial charge in [0.25, 0.3) is 0 Å². The van der Waals surface area contributed by atoms with Crippen LogP contribution < -0.4 is 10.1 Å². The van der Waals surface area contributed by atoms with Crippen LogP contribution in [0.15, 0.2) is 24.3 Å². The highest BCUT2D eigenvalue weighted by Crippen LogP contribution is 2.51. The molecular weight excluding hydrogens is 390 g/mol. The van der Waals surface area contributed by atoms with Crippen molar-refractivity contribution in [3.63, 3.8) is 0 Å². The number of hydrogen-bond donors (Lipinski definition) is 2. The van der Waals surface area contributed by atoms with Crippen molar-refractivity contribution in [3.8, 4) is 11.8 Å². The topological polar surface area (TPSA) is 103 Å². The number of hydrogen-bond acceptors (Lipinski definition) is 6. The van der Waals surface area contributed by atoms with Crippen molar-refractivity contribution in [1.82, 2.24) is 4.90 Å². The fourth-order valence-corrected chi connectivity index (χ4v) is 5.15. The van der Waals surface area contributed by atoms with Crippen molar-refractivity contribution in [2.75, 3.05) is 25.6 Å². The third-order valence-electron chi connectivity index (χ3n) is 5.56. The first-order chi connectivity index (χ1) is 14.1. The third kappa shape index (κ3) is 3.59. The number of nitrogens with zero attached hydrogens (tertiary/aromatic N) is 2. The van der Waals surface area contributed by atoms with Crippen LogP contribution in [0.2, 0.25) is 0 Å². The molecule has 2 aromatic rings. The number of nitriles is 1. The number of aliphatic hydroxyl groups excluding tert-OH is 1. The number of carbonyl (C=O) groups excluding carboxylic acids is 2. The Morgan fingerprint density at radius 3 is 2.93 bits per heavy atom. The van der Waals surface area contributed by atoms with Gasteiger partial charge in [-0.2, -0.15) is 5.26 Å². The summed E-state index contributed by atoms with van der Waals surface area (Å²) in [6, 6.07) is 9.92. The third-order valence-corrected chi connectivity index (χ3v) is 6.69. The van der Waals surface area contributed by atoms with Crippen molar-refractivity contribution in [1.29, 1.82) is 5.26 Å². The predicted octanol–water partition coefficient (Wildman–Crippen LogP) is 2.25. The zero-order valence-corrected chi connectivity index (χ0v) is 16.8. The number of rotatable bonds is 5. The largest absolute Gasteiger partial charge is 0.496 e. The molecule has 2 unspecified atom stereocenters. The summed E-state index contributed by atoms with van der Waals surface area (Å²) < 4.78 is 5.40. The molecular formula is C21H21N3O4S. The quantitative estimate of drug-likeness (QED) is 0.786. The normalized spacial score (nSPS) is 19.8. The van der Waals surface area contributed by atoms with Crippen LogP contribution in [-0.2, 0) is 22.6 Å². The van der Waals surface area contributed by atoms with E-state index in [4.69, 9.17) is 9.84 Å². The number of anilines is 1. The van der Waals surface area contributed by atoms with Crippen LogP contribution in [0.1, 0.15) is 33.9 Å². The van der Waals surface area contributed by atoms with Crippen molar-refractivity contribution in [2.45, 2.75) is 25.3 Å². The number of aliphatic hydroxyl groups is 1. The van der Waals surface area contributed by atoms with Gasteiger partial charge in [-0.1, -0.05) is 18.2 Å². The monoisotopic (exact) mass is 411 g/mol. The summed E-state index contributed by atoms with van der Waals surface area (Å²) in [7, 11) is 1.62. The van der Waals surface area contributed by atoms with Gasteiger partial charge in [0, 0.05) is 17.3 Å². The highest BCUT2D eigenvalue weighted by molar-refractivity contribution is 7.16. The van der Waals surface area contributed by atoms with E-state index in [2.05, 4.69) is 11.4 Å². The molecule has 150 valence electrons. The van der Waals surface area contributed by atoms with Gasteiger partial charge in [0.05, 0.1) is 19.2 Å². The molecule has 1 saturated carbocycles. The molecule has 1 aromatic heterocycles. The Balaban J connectivity index is 1.49. The lowest BCUT2D eigenvalue weighted by atomic mass is 10.0. The van der Waals surface area contributed by atoms with Crippen LogP contribution in [0.5, 0.6) is 5.75 Å². The lowest BCUT2D eigenvalue weighted by molar-refractivity contribution is -0.135. The summed E-state index contributed by atoms with van der Waals surface area (Å²) in [5, 5.41) is 22.2. The van der Waals surface area contributed by atoms with Gasteiger partial charge in [-0.15, -0.1) is 11.3 Å². The second kappa shape index (κ2) is 7.85. The molecule has 4 rings (SSSR count). The summed E-state index contributed by atoms with van der Waals surface area (Å²) in [5.41, 5.74) is 2.41. The maximum atomic E-state index is 12.8. The molecule has 1 aliphatic heterocycles. The average molecular weight is 411 g/mol. The van der Waals surface area contributed by atoms with Crippen molar-refractivity contribution in [3.05, 3.63) is 45.8 Å². The summed E-state index contributed by atoms with van der Waals surface area (Å²) in [6.45, 7) is 0.294. The lowest BCUT2D eigenvalue weighted by Crippen LogP contribution is -2.37. The Morgan fingerprint density at radius 1 is 1.41 bits per heavy atom. The van der Waals surface area contributed by atoms with Crippen LogP contribution in [-0.4, -0.2) is 42.1 Å². The summed E-state index contributed by atoms with van der Waals surface area (Å²) >= 11 is 1.34. The molecule has 1 aromatic carbocycles. The Kier molecular flexibility index (Phi) is 5.26. The minimum Gasteiger partial charge on any atom is -0.496 e. The second-order valence-electron chi connectivity index (χ2n) is 7.22. The number of thiophene rings is 1. The van der Waals surface area contributed by atoms with Gasteiger partial charge in [0.1, 0.15) is 23.4 Å². The average Bonchev–Trinajstić information content (AvgIpc) is 3.48. The molecule has 2 N–H and O–H groups in total.